The topological polar surface area (TPSA) is 121 Å². The second-order valence-corrected chi connectivity index (χ2v) is 31.8. The number of hydrogen-bond acceptors (Lipinski definition) is 11. The molecule has 1 amide bonds. The second-order valence-electron chi connectivity index (χ2n) is 31.5. The standard InChI is InChI=1S/C75H102ClNO11/c76-46-71(78)77-47-62-25-69(83-48-63-27-65(79-5-1-9-85-72-34-50-13-51(35-72)15-52(14-50)36-72)31-66(28-63)80-6-2-10-86-73-37-53-16-54(38-73)18-55(17-53)39-73)33-70(26-62)84-49-64-29-67(81-7-3-11-87-74-40-56-19-57(41-74)21-58(20-56)42-74)32-68(30-64)82-8-4-12-88-75-43-59-22-60(44-75)24-61(23-59)45-75/h25-33,50-61H,1-24,34-49H2,(H,77,78). The summed E-state index contributed by atoms with van der Waals surface area (Å²) in [6.45, 7) is 5.89. The number of alkyl halides is 1. The predicted molar refractivity (Wildman–Crippen MR) is 338 cm³/mol. The highest BCUT2D eigenvalue weighted by atomic mass is 35.5. The molecule has 0 atom stereocenters. The monoisotopic (exact) mass is 1230 g/mol. The Bertz CT molecular complexity index is 2430. The first-order chi connectivity index (χ1) is 43.0. The molecule has 16 saturated carbocycles. The molecule has 16 bridgehead atoms. The number of amides is 1. The fraction of sp³-hybridized carbons (Fsp3) is 0.747. The Hall–Kier alpha value is -3.94. The van der Waals surface area contributed by atoms with Crippen LogP contribution in [0, 0.1) is 71.0 Å². The molecule has 0 unspecified atom stereocenters. The van der Waals surface area contributed by atoms with Crippen LogP contribution in [-0.4, -0.2) is 87.0 Å². The Balaban J connectivity index is 0.596. The van der Waals surface area contributed by atoms with E-state index >= 15 is 0 Å². The van der Waals surface area contributed by atoms with Crippen molar-refractivity contribution in [1.29, 1.82) is 0 Å². The minimum absolute atomic E-state index is 0.0918. The Morgan fingerprint density at radius 2 is 0.557 bits per heavy atom. The molecule has 12 nitrogen and oxygen atoms in total. The van der Waals surface area contributed by atoms with Crippen LogP contribution in [0.15, 0.2) is 54.6 Å². The zero-order valence-electron chi connectivity index (χ0n) is 52.8. The average molecular weight is 1230 g/mol. The van der Waals surface area contributed by atoms with Gasteiger partial charge in [-0.2, -0.15) is 0 Å². The molecule has 19 rings (SSSR count). The molecule has 13 heteroatoms. The van der Waals surface area contributed by atoms with Crippen LogP contribution >= 0.6 is 11.6 Å². The number of ether oxygens (including phenoxy) is 10. The van der Waals surface area contributed by atoms with E-state index in [4.69, 9.17) is 59.0 Å². The number of nitrogens with one attached hydrogen (secondary N) is 1. The highest BCUT2D eigenvalue weighted by Crippen LogP contribution is 2.61. The van der Waals surface area contributed by atoms with E-state index in [2.05, 4.69) is 29.6 Å². The van der Waals surface area contributed by atoms with Gasteiger partial charge in [-0.05, 0) is 278 Å². The third-order valence-corrected chi connectivity index (χ3v) is 24.3. The summed E-state index contributed by atoms with van der Waals surface area (Å²) in [5.74, 6) is 14.2. The van der Waals surface area contributed by atoms with Gasteiger partial charge in [0.25, 0.3) is 0 Å². The van der Waals surface area contributed by atoms with Gasteiger partial charge in [0, 0.05) is 50.4 Å². The van der Waals surface area contributed by atoms with Crippen LogP contribution in [0.3, 0.4) is 0 Å². The molecule has 16 aliphatic carbocycles. The zero-order valence-corrected chi connectivity index (χ0v) is 53.5. The Labute approximate surface area is 529 Å². The minimum Gasteiger partial charge on any atom is -0.493 e. The highest BCUT2D eigenvalue weighted by Gasteiger charge is 2.55. The first-order valence-corrected chi connectivity index (χ1v) is 36.1. The molecule has 0 radical (unpaired) electrons. The van der Waals surface area contributed by atoms with Crippen molar-refractivity contribution < 1.29 is 52.2 Å². The van der Waals surface area contributed by atoms with Gasteiger partial charge in [0.2, 0.25) is 5.91 Å². The van der Waals surface area contributed by atoms with Gasteiger partial charge in [-0.1, -0.05) is 0 Å². The number of hydrogen-bond donors (Lipinski definition) is 1. The number of carbonyl (C=O) groups is 1. The molecule has 480 valence electrons. The summed E-state index contributed by atoms with van der Waals surface area (Å²) in [5.41, 5.74) is 3.04. The van der Waals surface area contributed by atoms with Gasteiger partial charge in [0.05, 0.1) is 75.3 Å². The van der Waals surface area contributed by atoms with Gasteiger partial charge >= 0.3 is 0 Å². The third kappa shape index (κ3) is 14.5. The SMILES string of the molecule is O=C(CCl)NCc1cc(OCc2cc(OCCCOC34CC5CC(CC(C5)C3)C4)cc(OCCCOC34CC5CC(CC(C5)C3)C4)c2)cc(OCc2cc(OCCCOC34CC5CC(CC(C5)C3)C4)cc(OCCCOC34CC5CC(CC(C5)C3)C4)c2)c1. The smallest absolute Gasteiger partial charge is 0.235 e. The highest BCUT2D eigenvalue weighted by molar-refractivity contribution is 6.27. The first-order valence-electron chi connectivity index (χ1n) is 35.6. The normalized spacial score (nSPS) is 36.3. The van der Waals surface area contributed by atoms with Crippen LogP contribution < -0.4 is 33.7 Å². The van der Waals surface area contributed by atoms with Gasteiger partial charge in [0.1, 0.15) is 53.6 Å². The molecule has 1 N–H and O–H groups in total. The lowest BCUT2D eigenvalue weighted by atomic mass is 9.54. The van der Waals surface area contributed by atoms with Gasteiger partial charge in [-0.25, -0.2) is 0 Å². The van der Waals surface area contributed by atoms with E-state index < -0.39 is 0 Å². The van der Waals surface area contributed by atoms with E-state index in [0.29, 0.717) is 37.9 Å². The molecule has 0 aromatic heterocycles. The molecule has 16 aliphatic rings. The molecule has 16 fully saturated rings. The largest absolute Gasteiger partial charge is 0.493 e. The van der Waals surface area contributed by atoms with Crippen LogP contribution in [0.5, 0.6) is 34.5 Å². The Kier molecular flexibility index (Phi) is 18.0. The van der Waals surface area contributed by atoms with Crippen LogP contribution in [0.1, 0.15) is 196 Å². The van der Waals surface area contributed by atoms with E-state index in [0.717, 1.165) is 163 Å². The second kappa shape index (κ2) is 26.2. The third-order valence-electron chi connectivity index (χ3n) is 24.0. The van der Waals surface area contributed by atoms with Gasteiger partial charge in [-0.15, -0.1) is 11.6 Å². The van der Waals surface area contributed by atoms with Crippen molar-refractivity contribution in [2.45, 2.75) is 222 Å². The number of benzene rings is 3. The Morgan fingerprint density at radius 3 is 0.795 bits per heavy atom. The van der Waals surface area contributed by atoms with Gasteiger partial charge < -0.3 is 52.7 Å². The van der Waals surface area contributed by atoms with Crippen molar-refractivity contribution in [2.75, 3.05) is 58.7 Å². The van der Waals surface area contributed by atoms with Crippen molar-refractivity contribution in [3.63, 3.8) is 0 Å². The average Bonchev–Trinajstić information content (AvgIpc) is 0.967. The summed E-state index contributed by atoms with van der Waals surface area (Å²) in [6, 6.07) is 18.1. The van der Waals surface area contributed by atoms with Crippen molar-refractivity contribution in [2.24, 2.45) is 71.0 Å². The van der Waals surface area contributed by atoms with E-state index in [1.165, 1.54) is 154 Å². The molecular weight excluding hydrogens is 1130 g/mol. The number of rotatable bonds is 33. The Morgan fingerprint density at radius 1 is 0.330 bits per heavy atom. The maximum absolute atomic E-state index is 12.5. The van der Waals surface area contributed by atoms with Crippen molar-refractivity contribution >= 4 is 17.5 Å². The van der Waals surface area contributed by atoms with E-state index in [1.807, 2.05) is 30.3 Å². The molecule has 0 saturated heterocycles. The number of halogens is 1. The van der Waals surface area contributed by atoms with Crippen LogP contribution in [0.4, 0.5) is 0 Å². The van der Waals surface area contributed by atoms with E-state index in [-0.39, 0.29) is 53.9 Å². The molecule has 88 heavy (non-hydrogen) atoms. The fourth-order valence-electron chi connectivity index (χ4n) is 22.2. The van der Waals surface area contributed by atoms with Crippen molar-refractivity contribution in [3.05, 3.63) is 71.3 Å². The summed E-state index contributed by atoms with van der Waals surface area (Å²) in [7, 11) is 0. The first kappa shape index (κ1) is 60.3. The van der Waals surface area contributed by atoms with Gasteiger partial charge in [0.15, 0.2) is 0 Å². The lowest BCUT2D eigenvalue weighted by Crippen LogP contribution is -2.52. The molecule has 3 aromatic carbocycles. The predicted octanol–water partition coefficient (Wildman–Crippen LogP) is 15.7. The zero-order chi connectivity index (χ0) is 59.1. The van der Waals surface area contributed by atoms with Crippen molar-refractivity contribution in [3.8, 4) is 34.5 Å². The van der Waals surface area contributed by atoms with Crippen LogP contribution in [0.2, 0.25) is 0 Å². The molecule has 0 spiro atoms. The van der Waals surface area contributed by atoms with Crippen LogP contribution in [-0.2, 0) is 43.5 Å². The lowest BCUT2D eigenvalue weighted by molar-refractivity contribution is -0.163. The molecule has 0 aliphatic heterocycles. The summed E-state index contributed by atoms with van der Waals surface area (Å²) < 4.78 is 66.5. The summed E-state index contributed by atoms with van der Waals surface area (Å²) in [5, 5.41) is 2.94. The summed E-state index contributed by atoms with van der Waals surface area (Å²) in [6.07, 6.45) is 35.2. The minimum atomic E-state index is -0.249. The molecular formula is C75H102ClNO11. The maximum atomic E-state index is 12.5. The molecule has 0 heterocycles. The fourth-order valence-corrected chi connectivity index (χ4v) is 22.3. The maximum Gasteiger partial charge on any atom is 0.235 e. The van der Waals surface area contributed by atoms with Gasteiger partial charge in [-0.3, -0.25) is 4.79 Å². The van der Waals surface area contributed by atoms with E-state index in [9.17, 15) is 4.79 Å². The number of carbonyl (C=O) groups excluding carboxylic acids is 1. The van der Waals surface area contributed by atoms with Crippen molar-refractivity contribution in [1.82, 2.24) is 5.32 Å². The van der Waals surface area contributed by atoms with Crippen LogP contribution in [0.25, 0.3) is 0 Å². The lowest BCUT2D eigenvalue weighted by Gasteiger charge is -2.56. The summed E-state index contributed by atoms with van der Waals surface area (Å²) in [4.78, 5) is 12.5. The van der Waals surface area contributed by atoms with E-state index in [1.54, 1.807) is 0 Å². The summed E-state index contributed by atoms with van der Waals surface area (Å²) >= 11 is 5.96. The quantitative estimate of drug-likeness (QED) is 0.0463. The molecule has 3 aromatic rings.